The lowest BCUT2D eigenvalue weighted by Gasteiger charge is -2.10. The molecule has 0 aliphatic heterocycles. The van der Waals surface area contributed by atoms with Crippen molar-refractivity contribution in [2.45, 2.75) is 6.54 Å². The Morgan fingerprint density at radius 1 is 1.04 bits per heavy atom. The van der Waals surface area contributed by atoms with Gasteiger partial charge in [0.1, 0.15) is 0 Å². The lowest BCUT2D eigenvalue weighted by atomic mass is 10.2. The fourth-order valence-electron chi connectivity index (χ4n) is 2.22. The van der Waals surface area contributed by atoms with Gasteiger partial charge < -0.3 is 20.1 Å². The van der Waals surface area contributed by atoms with Crippen LogP contribution in [0.3, 0.4) is 0 Å². The first-order valence-electron chi connectivity index (χ1n) is 7.59. The van der Waals surface area contributed by atoms with Crippen LogP contribution in [-0.4, -0.2) is 33.2 Å². The maximum Gasteiger partial charge on any atom is 0.251 e. The summed E-state index contributed by atoms with van der Waals surface area (Å²) in [7, 11) is 3.10. The smallest absolute Gasteiger partial charge is 0.251 e. The zero-order chi connectivity index (χ0) is 17.4. The Morgan fingerprint density at radius 2 is 1.83 bits per heavy atom. The predicted octanol–water partition coefficient (Wildman–Crippen LogP) is 2.88. The van der Waals surface area contributed by atoms with E-state index in [-0.39, 0.29) is 5.91 Å². The highest BCUT2D eigenvalue weighted by Gasteiger charge is 2.10. The van der Waals surface area contributed by atoms with E-state index in [1.54, 1.807) is 32.4 Å². The summed E-state index contributed by atoms with van der Waals surface area (Å²) in [6.07, 6.45) is 0. The molecule has 0 aliphatic carbocycles. The van der Waals surface area contributed by atoms with Gasteiger partial charge in [-0.15, -0.1) is 0 Å². The van der Waals surface area contributed by atoms with Gasteiger partial charge in [0, 0.05) is 30.2 Å². The second kappa shape index (κ2) is 9.15. The molecule has 0 bridgehead atoms. The Balaban J connectivity index is 1.77. The van der Waals surface area contributed by atoms with Crippen molar-refractivity contribution in [3.63, 3.8) is 0 Å². The number of carbonyl (C=O) groups excluding carboxylic acids is 1. The van der Waals surface area contributed by atoms with Gasteiger partial charge in [0.25, 0.3) is 5.91 Å². The molecule has 2 N–H and O–H groups in total. The van der Waals surface area contributed by atoms with E-state index in [1.165, 1.54) is 0 Å². The Labute approximate surface area is 146 Å². The van der Waals surface area contributed by atoms with E-state index in [4.69, 9.17) is 21.1 Å². The third-order valence-corrected chi connectivity index (χ3v) is 3.69. The molecular formula is C18H21ClN2O3. The van der Waals surface area contributed by atoms with Gasteiger partial charge in [-0.05, 0) is 35.9 Å². The van der Waals surface area contributed by atoms with Crippen LogP contribution in [-0.2, 0) is 6.54 Å². The minimum atomic E-state index is -0.152. The van der Waals surface area contributed by atoms with E-state index in [1.807, 2.05) is 24.3 Å². The first-order valence-corrected chi connectivity index (χ1v) is 7.97. The van der Waals surface area contributed by atoms with Crippen molar-refractivity contribution in [1.29, 1.82) is 0 Å². The lowest BCUT2D eigenvalue weighted by molar-refractivity contribution is 0.0953. The SMILES string of the molecule is COc1ccc(C(=O)NCCNCc2cccc(Cl)c2)cc1OC. The van der Waals surface area contributed by atoms with E-state index >= 15 is 0 Å². The van der Waals surface area contributed by atoms with Gasteiger partial charge in [0.2, 0.25) is 0 Å². The maximum absolute atomic E-state index is 12.1. The zero-order valence-corrected chi connectivity index (χ0v) is 14.5. The molecule has 0 saturated heterocycles. The number of hydrogen-bond acceptors (Lipinski definition) is 4. The van der Waals surface area contributed by atoms with Crippen LogP contribution in [0.25, 0.3) is 0 Å². The van der Waals surface area contributed by atoms with Gasteiger partial charge in [-0.25, -0.2) is 0 Å². The average molecular weight is 349 g/mol. The summed E-state index contributed by atoms with van der Waals surface area (Å²) < 4.78 is 10.4. The molecule has 0 saturated carbocycles. The Hall–Kier alpha value is -2.24. The van der Waals surface area contributed by atoms with E-state index in [0.29, 0.717) is 36.7 Å². The molecule has 0 fully saturated rings. The Morgan fingerprint density at radius 3 is 2.54 bits per heavy atom. The molecule has 0 spiro atoms. The molecule has 0 atom stereocenters. The van der Waals surface area contributed by atoms with Gasteiger partial charge >= 0.3 is 0 Å². The fourth-order valence-corrected chi connectivity index (χ4v) is 2.44. The Bertz CT molecular complexity index is 692. The van der Waals surface area contributed by atoms with E-state index in [0.717, 1.165) is 10.6 Å². The number of benzene rings is 2. The van der Waals surface area contributed by atoms with Crippen LogP contribution in [0.15, 0.2) is 42.5 Å². The minimum absolute atomic E-state index is 0.152. The molecule has 0 heterocycles. The Kier molecular flexibility index (Phi) is 6.90. The topological polar surface area (TPSA) is 59.6 Å². The predicted molar refractivity (Wildman–Crippen MR) is 95.0 cm³/mol. The second-order valence-corrected chi connectivity index (χ2v) is 5.57. The molecule has 1 amide bonds. The first-order chi connectivity index (χ1) is 11.6. The van der Waals surface area contributed by atoms with Crippen molar-refractivity contribution in [2.24, 2.45) is 0 Å². The van der Waals surface area contributed by atoms with Gasteiger partial charge in [0.15, 0.2) is 11.5 Å². The molecular weight excluding hydrogens is 328 g/mol. The van der Waals surface area contributed by atoms with Gasteiger partial charge in [0.05, 0.1) is 14.2 Å². The largest absolute Gasteiger partial charge is 0.493 e. The number of nitrogens with one attached hydrogen (secondary N) is 2. The van der Waals surface area contributed by atoms with E-state index < -0.39 is 0 Å². The molecule has 6 heteroatoms. The van der Waals surface area contributed by atoms with Crippen molar-refractivity contribution in [1.82, 2.24) is 10.6 Å². The third kappa shape index (κ3) is 5.15. The van der Waals surface area contributed by atoms with Crippen LogP contribution in [0.1, 0.15) is 15.9 Å². The summed E-state index contributed by atoms with van der Waals surface area (Å²) in [5.74, 6) is 0.974. The van der Waals surface area contributed by atoms with Crippen LogP contribution in [0, 0.1) is 0 Å². The highest BCUT2D eigenvalue weighted by atomic mass is 35.5. The molecule has 0 radical (unpaired) electrons. The summed E-state index contributed by atoms with van der Waals surface area (Å²) in [5.41, 5.74) is 1.64. The number of amides is 1. The van der Waals surface area contributed by atoms with Crippen LogP contribution in [0.4, 0.5) is 0 Å². The van der Waals surface area contributed by atoms with Gasteiger partial charge in [-0.1, -0.05) is 23.7 Å². The lowest BCUT2D eigenvalue weighted by Crippen LogP contribution is -2.31. The van der Waals surface area contributed by atoms with E-state index in [2.05, 4.69) is 10.6 Å². The van der Waals surface area contributed by atoms with Crippen molar-refractivity contribution in [3.05, 3.63) is 58.6 Å². The van der Waals surface area contributed by atoms with Gasteiger partial charge in [-0.3, -0.25) is 4.79 Å². The van der Waals surface area contributed by atoms with Crippen molar-refractivity contribution in [3.8, 4) is 11.5 Å². The summed E-state index contributed by atoms with van der Waals surface area (Å²) in [4.78, 5) is 12.1. The molecule has 2 aromatic carbocycles. The number of methoxy groups -OCH3 is 2. The molecule has 2 aromatic rings. The monoisotopic (exact) mass is 348 g/mol. The number of hydrogen-bond donors (Lipinski definition) is 2. The number of ether oxygens (including phenoxy) is 2. The number of carbonyl (C=O) groups is 1. The number of halogens is 1. The summed E-state index contributed by atoms with van der Waals surface area (Å²) in [6.45, 7) is 1.88. The summed E-state index contributed by atoms with van der Waals surface area (Å²) >= 11 is 5.94. The third-order valence-electron chi connectivity index (χ3n) is 3.45. The molecule has 128 valence electrons. The fraction of sp³-hybridized carbons (Fsp3) is 0.278. The first kappa shape index (κ1) is 18.1. The average Bonchev–Trinajstić information content (AvgIpc) is 2.60. The van der Waals surface area contributed by atoms with Crippen molar-refractivity contribution in [2.75, 3.05) is 27.3 Å². The minimum Gasteiger partial charge on any atom is -0.493 e. The van der Waals surface area contributed by atoms with Crippen LogP contribution in [0.5, 0.6) is 11.5 Å². The standard InChI is InChI=1S/C18H21ClN2O3/c1-23-16-7-6-14(11-17(16)24-2)18(22)21-9-8-20-12-13-4-3-5-15(19)10-13/h3-7,10-11,20H,8-9,12H2,1-2H3,(H,21,22). The normalized spacial score (nSPS) is 10.3. The zero-order valence-electron chi connectivity index (χ0n) is 13.8. The molecule has 24 heavy (non-hydrogen) atoms. The van der Waals surface area contributed by atoms with Crippen molar-refractivity contribution < 1.29 is 14.3 Å². The highest BCUT2D eigenvalue weighted by Crippen LogP contribution is 2.27. The molecule has 2 rings (SSSR count). The van der Waals surface area contributed by atoms with Crippen LogP contribution >= 0.6 is 11.6 Å². The second-order valence-electron chi connectivity index (χ2n) is 5.13. The molecule has 0 aliphatic rings. The maximum atomic E-state index is 12.1. The van der Waals surface area contributed by atoms with E-state index in [9.17, 15) is 4.79 Å². The number of rotatable bonds is 8. The van der Waals surface area contributed by atoms with Gasteiger partial charge in [-0.2, -0.15) is 0 Å². The van der Waals surface area contributed by atoms with Crippen LogP contribution in [0.2, 0.25) is 5.02 Å². The summed E-state index contributed by atoms with van der Waals surface area (Å²) in [6, 6.07) is 12.7. The molecule has 0 aromatic heterocycles. The molecule has 0 unspecified atom stereocenters. The summed E-state index contributed by atoms with van der Waals surface area (Å²) in [5, 5.41) is 6.84. The highest BCUT2D eigenvalue weighted by molar-refractivity contribution is 6.30. The quantitative estimate of drug-likeness (QED) is 0.720. The van der Waals surface area contributed by atoms with Crippen molar-refractivity contribution >= 4 is 17.5 Å². The molecule has 5 nitrogen and oxygen atoms in total. The van der Waals surface area contributed by atoms with Crippen LogP contribution < -0.4 is 20.1 Å².